The van der Waals surface area contributed by atoms with Crippen molar-refractivity contribution in [2.24, 2.45) is 0 Å². The molecular formula is C17H15ClO4. The third-order valence-electron chi connectivity index (χ3n) is 3.10. The molecule has 0 aromatic heterocycles. The molecule has 0 bridgehead atoms. The van der Waals surface area contributed by atoms with E-state index in [-0.39, 0.29) is 11.1 Å². The van der Waals surface area contributed by atoms with E-state index >= 15 is 0 Å². The van der Waals surface area contributed by atoms with Crippen LogP contribution in [0.5, 0.6) is 0 Å². The first-order valence-corrected chi connectivity index (χ1v) is 7.13. The summed E-state index contributed by atoms with van der Waals surface area (Å²) in [5.74, 6) is -1.80. The predicted molar refractivity (Wildman–Crippen MR) is 83.4 cm³/mol. The topological polar surface area (TPSA) is 63.6 Å². The maximum absolute atomic E-state index is 12.1. The van der Waals surface area contributed by atoms with Crippen LogP contribution in [0.1, 0.15) is 33.2 Å². The second-order valence-corrected chi connectivity index (χ2v) is 5.34. The first kappa shape index (κ1) is 16.0. The Bertz CT molecular complexity index is 697. The van der Waals surface area contributed by atoms with Crippen molar-refractivity contribution >= 4 is 23.5 Å². The highest BCUT2D eigenvalue weighted by Crippen LogP contribution is 2.15. The molecule has 0 aliphatic rings. The Kier molecular flexibility index (Phi) is 5.17. The number of halogens is 1. The summed E-state index contributed by atoms with van der Waals surface area (Å²) in [4.78, 5) is 23.2. The van der Waals surface area contributed by atoms with Gasteiger partial charge in [0.1, 0.15) is 6.10 Å². The summed E-state index contributed by atoms with van der Waals surface area (Å²) in [5, 5.41) is 9.71. The summed E-state index contributed by atoms with van der Waals surface area (Å²) in [5.41, 5.74) is 0.926. The number of hydrogen-bond donors (Lipinski definition) is 1. The number of carboxylic acids is 1. The van der Waals surface area contributed by atoms with Crippen LogP contribution >= 0.6 is 11.6 Å². The lowest BCUT2D eigenvalue weighted by atomic mass is 10.1. The average molecular weight is 319 g/mol. The first-order chi connectivity index (χ1) is 10.5. The van der Waals surface area contributed by atoms with Crippen LogP contribution in [-0.4, -0.2) is 23.1 Å². The number of esters is 1. The van der Waals surface area contributed by atoms with Crippen LogP contribution in [0.4, 0.5) is 0 Å². The molecule has 0 heterocycles. The van der Waals surface area contributed by atoms with Gasteiger partial charge in [-0.3, -0.25) is 0 Å². The van der Waals surface area contributed by atoms with Gasteiger partial charge < -0.3 is 9.84 Å². The molecule has 0 saturated carbocycles. The fourth-order valence-electron chi connectivity index (χ4n) is 2.13. The minimum absolute atomic E-state index is 0.0490. The maximum atomic E-state index is 12.1. The van der Waals surface area contributed by atoms with Crippen LogP contribution in [-0.2, 0) is 11.2 Å². The van der Waals surface area contributed by atoms with Gasteiger partial charge >= 0.3 is 11.9 Å². The Morgan fingerprint density at radius 1 is 1.14 bits per heavy atom. The van der Waals surface area contributed by atoms with E-state index in [2.05, 4.69) is 0 Å². The quantitative estimate of drug-likeness (QED) is 0.851. The number of carboxylic acid groups (broad SMARTS) is 1. The van der Waals surface area contributed by atoms with Crippen LogP contribution in [0.25, 0.3) is 0 Å². The normalized spacial score (nSPS) is 11.7. The molecule has 0 aliphatic carbocycles. The highest BCUT2D eigenvalue weighted by molar-refractivity contribution is 6.30. The van der Waals surface area contributed by atoms with Gasteiger partial charge in [0.15, 0.2) is 0 Å². The molecule has 0 aliphatic heterocycles. The molecule has 0 unspecified atom stereocenters. The van der Waals surface area contributed by atoms with Crippen molar-refractivity contribution in [2.45, 2.75) is 19.4 Å². The van der Waals surface area contributed by atoms with Crippen molar-refractivity contribution in [2.75, 3.05) is 0 Å². The summed E-state index contributed by atoms with van der Waals surface area (Å²) in [7, 11) is 0. The molecule has 2 aromatic carbocycles. The number of aromatic carboxylic acids is 1. The Morgan fingerprint density at radius 2 is 1.82 bits per heavy atom. The molecule has 0 saturated heterocycles. The smallest absolute Gasteiger partial charge is 0.339 e. The highest BCUT2D eigenvalue weighted by atomic mass is 35.5. The standard InChI is InChI=1S/C17H15ClO4/c1-11(9-12-5-4-6-13(18)10-12)22-17(21)15-8-3-2-7-14(15)16(19)20/h2-8,10-11H,9H2,1H3,(H,19,20)/t11-/m0/s1. The van der Waals surface area contributed by atoms with Crippen LogP contribution in [0, 0.1) is 0 Å². The van der Waals surface area contributed by atoms with Crippen LogP contribution in [0.15, 0.2) is 48.5 Å². The lowest BCUT2D eigenvalue weighted by Gasteiger charge is -2.14. The number of rotatable bonds is 5. The third kappa shape index (κ3) is 4.09. The molecule has 2 aromatic rings. The van der Waals surface area contributed by atoms with Gasteiger partial charge in [0.25, 0.3) is 0 Å². The van der Waals surface area contributed by atoms with E-state index in [1.165, 1.54) is 12.1 Å². The number of hydrogen-bond acceptors (Lipinski definition) is 3. The zero-order chi connectivity index (χ0) is 16.1. The largest absolute Gasteiger partial charge is 0.478 e. The van der Waals surface area contributed by atoms with E-state index in [4.69, 9.17) is 21.4 Å². The molecule has 0 spiro atoms. The van der Waals surface area contributed by atoms with E-state index < -0.39 is 18.0 Å². The van der Waals surface area contributed by atoms with E-state index in [1.54, 1.807) is 31.2 Å². The highest BCUT2D eigenvalue weighted by Gasteiger charge is 2.19. The van der Waals surface area contributed by atoms with Crippen molar-refractivity contribution in [3.8, 4) is 0 Å². The fraction of sp³-hybridized carbons (Fsp3) is 0.176. The lowest BCUT2D eigenvalue weighted by molar-refractivity contribution is 0.0336. The van der Waals surface area contributed by atoms with Gasteiger partial charge in [0.2, 0.25) is 0 Å². The lowest BCUT2D eigenvalue weighted by Crippen LogP contribution is -2.19. The number of benzene rings is 2. The molecule has 4 nitrogen and oxygen atoms in total. The number of ether oxygens (including phenoxy) is 1. The van der Waals surface area contributed by atoms with Crippen molar-refractivity contribution < 1.29 is 19.4 Å². The number of carbonyl (C=O) groups is 2. The molecular weight excluding hydrogens is 304 g/mol. The molecule has 22 heavy (non-hydrogen) atoms. The fourth-order valence-corrected chi connectivity index (χ4v) is 2.34. The van der Waals surface area contributed by atoms with E-state index in [0.717, 1.165) is 5.56 Å². The monoisotopic (exact) mass is 318 g/mol. The number of carbonyl (C=O) groups excluding carboxylic acids is 1. The third-order valence-corrected chi connectivity index (χ3v) is 3.33. The second-order valence-electron chi connectivity index (χ2n) is 4.90. The maximum Gasteiger partial charge on any atom is 0.339 e. The van der Waals surface area contributed by atoms with Crippen molar-refractivity contribution in [3.05, 3.63) is 70.2 Å². The second kappa shape index (κ2) is 7.09. The van der Waals surface area contributed by atoms with E-state index in [9.17, 15) is 9.59 Å². The summed E-state index contributed by atoms with van der Waals surface area (Å²) in [6.45, 7) is 1.75. The van der Waals surface area contributed by atoms with Gasteiger partial charge in [-0.1, -0.05) is 35.9 Å². The molecule has 5 heteroatoms. The van der Waals surface area contributed by atoms with Gasteiger partial charge in [-0.05, 0) is 36.8 Å². The van der Waals surface area contributed by atoms with Gasteiger partial charge in [0, 0.05) is 11.4 Å². The molecule has 0 radical (unpaired) electrons. The molecule has 114 valence electrons. The summed E-state index contributed by atoms with van der Waals surface area (Å²) < 4.78 is 5.33. The van der Waals surface area contributed by atoms with Crippen LogP contribution in [0.3, 0.4) is 0 Å². The summed E-state index contributed by atoms with van der Waals surface area (Å²) >= 11 is 5.91. The molecule has 1 N–H and O–H groups in total. The molecule has 1 atom stereocenters. The van der Waals surface area contributed by atoms with Crippen molar-refractivity contribution in [1.82, 2.24) is 0 Å². The van der Waals surface area contributed by atoms with E-state index in [1.807, 2.05) is 12.1 Å². The van der Waals surface area contributed by atoms with Gasteiger partial charge in [-0.25, -0.2) is 9.59 Å². The molecule has 2 rings (SSSR count). The summed E-state index contributed by atoms with van der Waals surface area (Å²) in [6.07, 6.45) is 0.106. The van der Waals surface area contributed by atoms with Crippen LogP contribution in [0.2, 0.25) is 5.02 Å². The average Bonchev–Trinajstić information content (AvgIpc) is 2.47. The Hall–Kier alpha value is -2.33. The Balaban J connectivity index is 2.07. The minimum atomic E-state index is -1.16. The van der Waals surface area contributed by atoms with Gasteiger partial charge in [-0.2, -0.15) is 0 Å². The zero-order valence-electron chi connectivity index (χ0n) is 12.0. The Morgan fingerprint density at radius 3 is 2.45 bits per heavy atom. The minimum Gasteiger partial charge on any atom is -0.478 e. The van der Waals surface area contributed by atoms with Gasteiger partial charge in [0.05, 0.1) is 11.1 Å². The summed E-state index contributed by atoms with van der Waals surface area (Å²) in [6, 6.07) is 13.3. The van der Waals surface area contributed by atoms with Crippen molar-refractivity contribution in [1.29, 1.82) is 0 Å². The molecule has 0 amide bonds. The zero-order valence-corrected chi connectivity index (χ0v) is 12.7. The van der Waals surface area contributed by atoms with E-state index in [0.29, 0.717) is 11.4 Å². The predicted octanol–water partition coefficient (Wildman–Crippen LogP) is 3.83. The van der Waals surface area contributed by atoms with Gasteiger partial charge in [-0.15, -0.1) is 0 Å². The van der Waals surface area contributed by atoms with Crippen LogP contribution < -0.4 is 0 Å². The first-order valence-electron chi connectivity index (χ1n) is 6.75. The Labute approximate surface area is 133 Å². The SMILES string of the molecule is C[C@@H](Cc1cccc(Cl)c1)OC(=O)c1ccccc1C(=O)O. The molecule has 0 fully saturated rings. The van der Waals surface area contributed by atoms with Crippen molar-refractivity contribution in [3.63, 3.8) is 0 Å².